The number of anilines is 1. The van der Waals surface area contributed by atoms with Gasteiger partial charge in [0.1, 0.15) is 4.90 Å². The summed E-state index contributed by atoms with van der Waals surface area (Å²) >= 11 is 0. The fourth-order valence-corrected chi connectivity index (χ4v) is 5.62. The highest BCUT2D eigenvalue weighted by atomic mass is 32.2. The van der Waals surface area contributed by atoms with E-state index >= 15 is 0 Å². The van der Waals surface area contributed by atoms with Gasteiger partial charge in [0, 0.05) is 36.5 Å². The summed E-state index contributed by atoms with van der Waals surface area (Å²) in [5.41, 5.74) is 10.7. The Balaban J connectivity index is 1.51. The molecule has 0 spiro atoms. The van der Waals surface area contributed by atoms with Crippen molar-refractivity contribution < 1.29 is 17.2 Å². The van der Waals surface area contributed by atoms with Crippen LogP contribution in [0.3, 0.4) is 0 Å². The van der Waals surface area contributed by atoms with Crippen LogP contribution in [0.25, 0.3) is 22.3 Å². The zero-order valence-electron chi connectivity index (χ0n) is 17.1. The van der Waals surface area contributed by atoms with Crippen molar-refractivity contribution in [2.24, 2.45) is 0 Å². The Kier molecular flexibility index (Phi) is 4.60. The number of nitrogens with two attached hydrogens (primary N) is 1. The topological polar surface area (TPSA) is 90.0 Å². The van der Waals surface area contributed by atoms with Gasteiger partial charge in [-0.05, 0) is 49.9 Å². The Labute approximate surface area is 179 Å². The van der Waals surface area contributed by atoms with Crippen LogP contribution >= 0.6 is 0 Å². The summed E-state index contributed by atoms with van der Waals surface area (Å²) in [6.45, 7) is 2.04. The summed E-state index contributed by atoms with van der Waals surface area (Å²) in [6, 6.07) is 8.82. The number of alkyl halides is 2. The van der Waals surface area contributed by atoms with Crippen LogP contribution in [0, 0.1) is 6.92 Å². The van der Waals surface area contributed by atoms with Crippen molar-refractivity contribution in [3.63, 3.8) is 0 Å². The predicted molar refractivity (Wildman–Crippen MR) is 115 cm³/mol. The van der Waals surface area contributed by atoms with E-state index in [2.05, 4.69) is 20.3 Å². The minimum absolute atomic E-state index is 0.0489. The second-order valence-electron chi connectivity index (χ2n) is 8.70. The highest BCUT2D eigenvalue weighted by Crippen LogP contribution is 2.44. The molecule has 5 rings (SSSR count). The largest absolute Gasteiger partial charge is 0.396 e. The van der Waals surface area contributed by atoms with E-state index in [1.807, 2.05) is 19.1 Å². The van der Waals surface area contributed by atoms with Crippen LogP contribution in [0.15, 0.2) is 41.4 Å². The van der Waals surface area contributed by atoms with Crippen molar-refractivity contribution in [2.75, 3.05) is 5.73 Å². The molecule has 0 aliphatic heterocycles. The molecule has 2 saturated carbocycles. The van der Waals surface area contributed by atoms with E-state index < -0.39 is 34.8 Å². The van der Waals surface area contributed by atoms with Gasteiger partial charge in [0.15, 0.2) is 0 Å². The fourth-order valence-electron chi connectivity index (χ4n) is 4.44. The SMILES string of the molecule is Cc1ccc2c(N)c(-c3ccc(S(=O)(=O)NC4CC(F)(F)C4)cn3)n(C3CCC3)c2c1. The summed E-state index contributed by atoms with van der Waals surface area (Å²) in [4.78, 5) is 4.36. The molecule has 2 heterocycles. The molecule has 0 radical (unpaired) electrons. The minimum atomic E-state index is -3.91. The zero-order valence-corrected chi connectivity index (χ0v) is 17.9. The smallest absolute Gasteiger partial charge is 0.251 e. The number of aryl methyl sites for hydroxylation is 1. The van der Waals surface area contributed by atoms with Gasteiger partial charge < -0.3 is 10.3 Å². The maximum atomic E-state index is 13.0. The Morgan fingerprint density at radius 2 is 1.94 bits per heavy atom. The molecule has 31 heavy (non-hydrogen) atoms. The minimum Gasteiger partial charge on any atom is -0.396 e. The lowest BCUT2D eigenvalue weighted by Gasteiger charge is -2.34. The van der Waals surface area contributed by atoms with Crippen molar-refractivity contribution in [3.05, 3.63) is 42.1 Å². The van der Waals surface area contributed by atoms with Gasteiger partial charge in [-0.2, -0.15) is 0 Å². The van der Waals surface area contributed by atoms with Gasteiger partial charge in [-0.3, -0.25) is 4.98 Å². The first-order chi connectivity index (χ1) is 14.6. The highest BCUT2D eigenvalue weighted by molar-refractivity contribution is 7.89. The number of fused-ring (bicyclic) bond motifs is 1. The average Bonchev–Trinajstić information content (AvgIpc) is 2.90. The zero-order chi connectivity index (χ0) is 22.0. The molecule has 3 aromatic rings. The lowest BCUT2D eigenvalue weighted by molar-refractivity contribution is -0.0876. The predicted octanol–water partition coefficient (Wildman–Crippen LogP) is 4.39. The molecule has 9 heteroatoms. The Hall–Kier alpha value is -2.52. The number of hydrogen-bond acceptors (Lipinski definition) is 4. The van der Waals surface area contributed by atoms with Crippen molar-refractivity contribution in [1.82, 2.24) is 14.3 Å². The fraction of sp³-hybridized carbons (Fsp3) is 0.409. The number of nitrogens with one attached hydrogen (secondary N) is 1. The van der Waals surface area contributed by atoms with Crippen LogP contribution in [0.1, 0.15) is 43.7 Å². The van der Waals surface area contributed by atoms with Gasteiger partial charge in [-0.1, -0.05) is 12.1 Å². The molecule has 2 fully saturated rings. The lowest BCUT2D eigenvalue weighted by atomic mass is 9.89. The normalized spacial score (nSPS) is 19.3. The van der Waals surface area contributed by atoms with Crippen molar-refractivity contribution >= 4 is 26.6 Å². The molecule has 0 bridgehead atoms. The second-order valence-corrected chi connectivity index (χ2v) is 10.4. The van der Waals surface area contributed by atoms with Gasteiger partial charge in [0.05, 0.1) is 22.6 Å². The number of aromatic nitrogens is 2. The monoisotopic (exact) mass is 446 g/mol. The number of benzene rings is 1. The molecule has 0 saturated heterocycles. The lowest BCUT2D eigenvalue weighted by Crippen LogP contribution is -2.50. The number of sulfonamides is 1. The quantitative estimate of drug-likeness (QED) is 0.608. The molecule has 3 N–H and O–H groups in total. The summed E-state index contributed by atoms with van der Waals surface area (Å²) < 4.78 is 55.7. The van der Waals surface area contributed by atoms with E-state index in [0.29, 0.717) is 17.4 Å². The summed E-state index contributed by atoms with van der Waals surface area (Å²) in [5, 5.41) is 0.957. The highest BCUT2D eigenvalue weighted by Gasteiger charge is 2.46. The number of hydrogen-bond donors (Lipinski definition) is 2. The number of nitrogens with zero attached hydrogens (tertiary/aromatic N) is 2. The number of nitrogen functional groups attached to an aromatic ring is 1. The van der Waals surface area contributed by atoms with Crippen LogP contribution in [0.2, 0.25) is 0 Å². The Morgan fingerprint density at radius 1 is 1.19 bits per heavy atom. The molecular weight excluding hydrogens is 422 g/mol. The van der Waals surface area contributed by atoms with Gasteiger partial charge in [0.2, 0.25) is 10.0 Å². The molecule has 0 amide bonds. The van der Waals surface area contributed by atoms with E-state index in [0.717, 1.165) is 41.4 Å². The van der Waals surface area contributed by atoms with Crippen molar-refractivity contribution in [2.45, 2.75) is 61.9 Å². The Bertz CT molecular complexity index is 1260. The summed E-state index contributed by atoms with van der Waals surface area (Å²) in [7, 11) is -3.91. The number of pyridine rings is 1. The van der Waals surface area contributed by atoms with Gasteiger partial charge in [-0.25, -0.2) is 21.9 Å². The molecule has 2 aromatic heterocycles. The first kappa shape index (κ1) is 20.4. The third-order valence-corrected chi connectivity index (χ3v) is 7.85. The summed E-state index contributed by atoms with van der Waals surface area (Å²) in [5.74, 6) is -2.79. The van der Waals surface area contributed by atoms with E-state index in [1.165, 1.54) is 12.3 Å². The van der Waals surface area contributed by atoms with Crippen LogP contribution < -0.4 is 10.5 Å². The third-order valence-electron chi connectivity index (χ3n) is 6.34. The molecule has 1 aromatic carbocycles. The Morgan fingerprint density at radius 3 is 2.52 bits per heavy atom. The maximum absolute atomic E-state index is 13.0. The van der Waals surface area contributed by atoms with Gasteiger partial charge >= 0.3 is 0 Å². The van der Waals surface area contributed by atoms with Crippen LogP contribution in [0.4, 0.5) is 14.5 Å². The van der Waals surface area contributed by atoms with E-state index in [4.69, 9.17) is 5.73 Å². The summed E-state index contributed by atoms with van der Waals surface area (Å²) in [6.07, 6.45) is 3.59. The van der Waals surface area contributed by atoms with E-state index in [9.17, 15) is 17.2 Å². The molecule has 0 unspecified atom stereocenters. The second kappa shape index (κ2) is 7.00. The van der Waals surface area contributed by atoms with Gasteiger partial charge in [0.25, 0.3) is 5.92 Å². The number of halogens is 2. The molecule has 164 valence electrons. The molecule has 0 atom stereocenters. The molecule has 2 aliphatic rings. The van der Waals surface area contributed by atoms with Crippen LogP contribution in [0.5, 0.6) is 0 Å². The van der Waals surface area contributed by atoms with E-state index in [1.54, 1.807) is 6.07 Å². The number of rotatable bonds is 5. The van der Waals surface area contributed by atoms with Crippen LogP contribution in [-0.4, -0.2) is 29.9 Å². The van der Waals surface area contributed by atoms with Crippen LogP contribution in [-0.2, 0) is 10.0 Å². The standard InChI is InChI=1S/C22H24F2N4O2S/c1-13-5-7-17-19(9-13)28(15-3-2-4-15)21(20(17)25)18-8-6-16(12-26-18)31(29,30)27-14-10-22(23,24)11-14/h5-9,12,14-15,27H,2-4,10-11,25H2,1H3. The maximum Gasteiger partial charge on any atom is 0.251 e. The molecule has 2 aliphatic carbocycles. The first-order valence-corrected chi connectivity index (χ1v) is 11.9. The van der Waals surface area contributed by atoms with Gasteiger partial charge in [-0.15, -0.1) is 0 Å². The van der Waals surface area contributed by atoms with Crippen molar-refractivity contribution in [1.29, 1.82) is 0 Å². The molecular formula is C22H24F2N4O2S. The molecule has 6 nitrogen and oxygen atoms in total. The third kappa shape index (κ3) is 3.49. The average molecular weight is 447 g/mol. The van der Waals surface area contributed by atoms with Crippen molar-refractivity contribution in [3.8, 4) is 11.4 Å². The van der Waals surface area contributed by atoms with E-state index in [-0.39, 0.29) is 4.90 Å². The first-order valence-electron chi connectivity index (χ1n) is 10.4.